The first-order chi connectivity index (χ1) is 32.5. The third-order valence-electron chi connectivity index (χ3n) is 13.4. The van der Waals surface area contributed by atoms with Gasteiger partial charge >= 0.3 is 13.8 Å². The van der Waals surface area contributed by atoms with Crippen LogP contribution in [0.3, 0.4) is 0 Å². The number of rotatable bonds is 49. The highest BCUT2D eigenvalue weighted by molar-refractivity contribution is 7.47. The number of carbonyl (C=O) groups is 1. The molecule has 6 atom stereocenters. The van der Waals surface area contributed by atoms with Crippen molar-refractivity contribution in [2.24, 2.45) is 0 Å². The summed E-state index contributed by atoms with van der Waals surface area (Å²) in [7, 11) is -5.02. The second-order valence-electron chi connectivity index (χ2n) is 19.8. The monoisotopic (exact) mass is 977 g/mol. The maximum Gasteiger partial charge on any atom is 0.472 e. The van der Waals surface area contributed by atoms with Crippen LogP contribution in [0.2, 0.25) is 0 Å². The fraction of sp³-hybridized carbons (Fsp3) is 0.944. The Morgan fingerprint density at radius 3 is 1.18 bits per heavy atom. The van der Waals surface area contributed by atoms with Gasteiger partial charge in [-0.15, -0.1) is 0 Å². The van der Waals surface area contributed by atoms with E-state index < -0.39 is 63.1 Å². The van der Waals surface area contributed by atoms with Gasteiger partial charge in [0.1, 0.15) is 42.7 Å². The summed E-state index contributed by atoms with van der Waals surface area (Å²) in [6.45, 7) is 4.31. The number of carbonyl (C=O) groups excluding carboxylic acids is 1. The fourth-order valence-electron chi connectivity index (χ4n) is 8.94. The van der Waals surface area contributed by atoms with Gasteiger partial charge in [-0.2, -0.15) is 0 Å². The summed E-state index contributed by atoms with van der Waals surface area (Å²) in [5, 5.41) is 50.4. The molecule has 0 aromatic heterocycles. The van der Waals surface area contributed by atoms with E-state index >= 15 is 0 Å². The van der Waals surface area contributed by atoms with Crippen LogP contribution in [0, 0.1) is 0 Å². The summed E-state index contributed by atoms with van der Waals surface area (Å²) in [6.07, 6.45) is 39.9. The van der Waals surface area contributed by atoms with Crippen LogP contribution in [0.5, 0.6) is 0 Å². The maximum atomic E-state index is 12.9. The molecule has 0 radical (unpaired) electrons. The molecule has 0 bridgehead atoms. The number of phosphoric ester groups is 1. The van der Waals surface area contributed by atoms with Gasteiger partial charge in [-0.05, 0) is 38.5 Å². The molecule has 1 saturated carbocycles. The van der Waals surface area contributed by atoms with Gasteiger partial charge in [0.05, 0.1) is 13.2 Å². The fourth-order valence-corrected chi connectivity index (χ4v) is 9.91. The van der Waals surface area contributed by atoms with Crippen molar-refractivity contribution in [1.82, 2.24) is 0 Å². The van der Waals surface area contributed by atoms with E-state index in [1.54, 1.807) is 0 Å². The van der Waals surface area contributed by atoms with Crippen LogP contribution in [0.15, 0.2) is 12.2 Å². The normalized spacial score (nSPS) is 21.3. The number of ether oxygens (including phenoxy) is 2. The van der Waals surface area contributed by atoms with Crippen molar-refractivity contribution in [2.45, 2.75) is 307 Å². The zero-order chi connectivity index (χ0) is 49.1. The molecule has 67 heavy (non-hydrogen) atoms. The highest BCUT2D eigenvalue weighted by Gasteiger charge is 2.51. The number of phosphoric acid groups is 1. The molecular weight excluding hydrogens is 872 g/mol. The molecule has 0 aromatic rings. The van der Waals surface area contributed by atoms with Crippen LogP contribution in [0.1, 0.15) is 264 Å². The molecule has 1 fully saturated rings. The van der Waals surface area contributed by atoms with E-state index in [2.05, 4.69) is 26.0 Å². The molecule has 0 saturated heterocycles. The van der Waals surface area contributed by atoms with Crippen LogP contribution in [-0.4, -0.2) is 98.9 Å². The van der Waals surface area contributed by atoms with Crippen molar-refractivity contribution in [3.05, 3.63) is 12.2 Å². The summed E-state index contributed by atoms with van der Waals surface area (Å²) < 4.78 is 34.4. The summed E-state index contributed by atoms with van der Waals surface area (Å²) >= 11 is 0. The summed E-state index contributed by atoms with van der Waals surface area (Å²) in [4.78, 5) is 23.3. The minimum Gasteiger partial charge on any atom is -0.457 e. The number of aliphatic hydroxyl groups excluding tert-OH is 5. The number of allylic oxidation sites excluding steroid dienone is 2. The Bertz CT molecular complexity index is 1160. The van der Waals surface area contributed by atoms with Gasteiger partial charge in [-0.1, -0.05) is 231 Å². The molecule has 0 spiro atoms. The first-order valence-electron chi connectivity index (χ1n) is 28.0. The first-order valence-corrected chi connectivity index (χ1v) is 29.5. The van der Waals surface area contributed by atoms with Crippen molar-refractivity contribution in [3.8, 4) is 0 Å². The van der Waals surface area contributed by atoms with Crippen molar-refractivity contribution in [1.29, 1.82) is 0 Å². The second kappa shape index (κ2) is 45.0. The van der Waals surface area contributed by atoms with Crippen LogP contribution in [0.4, 0.5) is 0 Å². The van der Waals surface area contributed by atoms with E-state index in [1.165, 1.54) is 199 Å². The van der Waals surface area contributed by atoms with Crippen molar-refractivity contribution < 1.29 is 58.3 Å². The molecule has 0 heterocycles. The van der Waals surface area contributed by atoms with E-state index in [0.717, 1.165) is 38.5 Å². The number of hydrogen-bond donors (Lipinski definition) is 6. The minimum atomic E-state index is -5.02. The maximum absolute atomic E-state index is 12.9. The minimum absolute atomic E-state index is 0.0712. The molecule has 6 N–H and O–H groups in total. The number of esters is 1. The van der Waals surface area contributed by atoms with E-state index in [1.807, 2.05) is 0 Å². The van der Waals surface area contributed by atoms with Gasteiger partial charge < -0.3 is 39.9 Å². The lowest BCUT2D eigenvalue weighted by atomic mass is 9.85. The van der Waals surface area contributed by atoms with Crippen LogP contribution in [-0.2, 0) is 27.9 Å². The largest absolute Gasteiger partial charge is 0.472 e. The summed E-state index contributed by atoms with van der Waals surface area (Å²) in [6, 6.07) is 0. The highest BCUT2D eigenvalue weighted by Crippen LogP contribution is 2.47. The molecule has 0 amide bonds. The van der Waals surface area contributed by atoms with Gasteiger partial charge in [0, 0.05) is 13.0 Å². The molecule has 0 aliphatic heterocycles. The van der Waals surface area contributed by atoms with Gasteiger partial charge in [-0.25, -0.2) is 4.57 Å². The number of aliphatic hydroxyl groups is 5. The van der Waals surface area contributed by atoms with E-state index in [-0.39, 0.29) is 13.0 Å². The predicted octanol–water partition coefficient (Wildman–Crippen LogP) is 13.0. The second-order valence-corrected chi connectivity index (χ2v) is 21.2. The average molecular weight is 977 g/mol. The molecule has 1 aliphatic carbocycles. The SMILES string of the molecule is CCCCCCCC/C=C\CCCCCCCCCCCCOCC(COP(=O)(O)OC1C(O)C(O)C(O)C(O)C1O)OC(=O)CCCCCCCCCCCCCCCCCCCCCC. The zero-order valence-corrected chi connectivity index (χ0v) is 43.9. The van der Waals surface area contributed by atoms with Gasteiger partial charge in [0.15, 0.2) is 0 Å². The highest BCUT2D eigenvalue weighted by atomic mass is 31.2. The van der Waals surface area contributed by atoms with Crippen LogP contribution < -0.4 is 0 Å². The van der Waals surface area contributed by atoms with Crippen molar-refractivity contribution in [2.75, 3.05) is 19.8 Å². The third kappa shape index (κ3) is 36.6. The lowest BCUT2D eigenvalue weighted by molar-refractivity contribution is -0.220. The van der Waals surface area contributed by atoms with Crippen LogP contribution >= 0.6 is 7.82 Å². The smallest absolute Gasteiger partial charge is 0.457 e. The molecular formula is C54H105O12P. The topological polar surface area (TPSA) is 192 Å². The lowest BCUT2D eigenvalue weighted by Crippen LogP contribution is -2.64. The lowest BCUT2D eigenvalue weighted by Gasteiger charge is -2.41. The summed E-state index contributed by atoms with van der Waals surface area (Å²) in [5.41, 5.74) is 0. The molecule has 1 aliphatic rings. The molecule has 6 unspecified atom stereocenters. The number of unbranched alkanes of at least 4 members (excludes halogenated alkanes) is 35. The summed E-state index contributed by atoms with van der Waals surface area (Å²) in [5.74, 6) is -0.470. The van der Waals surface area contributed by atoms with Gasteiger partial charge in [0.2, 0.25) is 0 Å². The van der Waals surface area contributed by atoms with E-state index in [4.69, 9.17) is 18.5 Å². The molecule has 1 rings (SSSR count). The van der Waals surface area contributed by atoms with E-state index in [9.17, 15) is 39.8 Å². The quantitative estimate of drug-likeness (QED) is 0.0146. The molecule has 12 nitrogen and oxygen atoms in total. The molecule has 398 valence electrons. The van der Waals surface area contributed by atoms with Gasteiger partial charge in [-0.3, -0.25) is 13.8 Å². The van der Waals surface area contributed by atoms with Gasteiger partial charge in [0.25, 0.3) is 0 Å². The Kier molecular flexibility index (Phi) is 43.0. The van der Waals surface area contributed by atoms with Crippen molar-refractivity contribution >= 4 is 13.8 Å². The third-order valence-corrected chi connectivity index (χ3v) is 14.4. The predicted molar refractivity (Wildman–Crippen MR) is 272 cm³/mol. The first kappa shape index (κ1) is 64.1. The van der Waals surface area contributed by atoms with Crippen molar-refractivity contribution in [3.63, 3.8) is 0 Å². The Morgan fingerprint density at radius 1 is 0.463 bits per heavy atom. The Labute approximate surface area is 409 Å². The molecule has 0 aromatic carbocycles. The van der Waals surface area contributed by atoms with E-state index in [0.29, 0.717) is 13.0 Å². The van der Waals surface area contributed by atoms with Crippen LogP contribution in [0.25, 0.3) is 0 Å². The Morgan fingerprint density at radius 2 is 0.791 bits per heavy atom. The Hall–Kier alpha value is -0.920. The average Bonchev–Trinajstić information content (AvgIpc) is 3.31. The standard InChI is InChI=1S/C54H105O12P/c1-3-5-7-9-11-13-15-17-19-21-23-25-27-29-31-33-35-37-39-41-43-48(55)65-47(46-64-67(61,62)66-54-52(59)50(57)49(56)51(58)53(54)60)45-63-44-42-40-38-36-34-32-30-28-26-24-22-20-18-16-14-12-10-8-6-4-2/h18,20,47,49-54,56-60H,3-17,19,21-46H2,1-2H3,(H,61,62)/b20-18-. The number of hydrogen-bond acceptors (Lipinski definition) is 11. The zero-order valence-electron chi connectivity index (χ0n) is 43.0. The molecule has 13 heteroatoms. The Balaban J connectivity index is 2.29.